The van der Waals surface area contributed by atoms with E-state index in [9.17, 15) is 0 Å². The van der Waals surface area contributed by atoms with Crippen LogP contribution in [0.5, 0.6) is 0 Å². The smallest absolute Gasteiger partial charge is 0.0223 e. The molecule has 2 fully saturated rings. The molecule has 2 heterocycles. The molecule has 0 aromatic heterocycles. The highest BCUT2D eigenvalue weighted by Gasteiger charge is 2.30. The monoisotopic (exact) mass is 281 g/mol. The molecule has 0 amide bonds. The van der Waals surface area contributed by atoms with Gasteiger partial charge in [-0.3, -0.25) is 4.90 Å². The van der Waals surface area contributed by atoms with E-state index in [0.29, 0.717) is 11.5 Å². The maximum atomic E-state index is 6.04. The second kappa shape index (κ2) is 7.24. The molecule has 2 aliphatic rings. The third-order valence-corrected chi connectivity index (χ3v) is 5.04. The fraction of sp³-hybridized carbons (Fsp3) is 1.00. The van der Waals surface area contributed by atoms with Crippen molar-refractivity contribution in [3.8, 4) is 0 Å². The van der Waals surface area contributed by atoms with Gasteiger partial charge < -0.3 is 10.6 Å². The summed E-state index contributed by atoms with van der Waals surface area (Å²) in [4.78, 5) is 5.41. The zero-order valence-corrected chi connectivity index (χ0v) is 13.9. The zero-order chi connectivity index (χ0) is 14.6. The second-order valence-electron chi connectivity index (χ2n) is 8.02. The van der Waals surface area contributed by atoms with E-state index in [1.807, 2.05) is 0 Å². The van der Waals surface area contributed by atoms with Gasteiger partial charge in [0.2, 0.25) is 0 Å². The van der Waals surface area contributed by atoms with Crippen LogP contribution in [-0.4, -0.2) is 54.6 Å². The minimum Gasteiger partial charge on any atom is -0.329 e. The summed E-state index contributed by atoms with van der Waals surface area (Å²) in [6.45, 7) is 13.0. The molecule has 3 heteroatoms. The van der Waals surface area contributed by atoms with Gasteiger partial charge >= 0.3 is 0 Å². The molecule has 0 aliphatic carbocycles. The van der Waals surface area contributed by atoms with Crippen LogP contribution in [0.4, 0.5) is 0 Å². The van der Waals surface area contributed by atoms with Crippen LogP contribution in [0.15, 0.2) is 0 Å². The van der Waals surface area contributed by atoms with Crippen LogP contribution in [-0.2, 0) is 0 Å². The maximum Gasteiger partial charge on any atom is 0.0223 e. The first-order valence-corrected chi connectivity index (χ1v) is 8.68. The number of hydrogen-bond donors (Lipinski definition) is 1. The number of hydrogen-bond acceptors (Lipinski definition) is 3. The van der Waals surface area contributed by atoms with Gasteiger partial charge in [0.25, 0.3) is 0 Å². The van der Waals surface area contributed by atoms with Crippen molar-refractivity contribution in [2.24, 2.45) is 11.1 Å². The van der Waals surface area contributed by atoms with Gasteiger partial charge in [0.15, 0.2) is 0 Å². The summed E-state index contributed by atoms with van der Waals surface area (Å²) in [5.41, 5.74) is 6.42. The van der Waals surface area contributed by atoms with E-state index in [-0.39, 0.29) is 0 Å². The van der Waals surface area contributed by atoms with Crippen molar-refractivity contribution in [1.82, 2.24) is 9.80 Å². The molecule has 2 rings (SSSR count). The molecule has 2 saturated heterocycles. The maximum absolute atomic E-state index is 6.04. The highest BCUT2D eigenvalue weighted by Crippen LogP contribution is 2.27. The van der Waals surface area contributed by atoms with Gasteiger partial charge in [-0.25, -0.2) is 0 Å². The largest absolute Gasteiger partial charge is 0.329 e. The molecule has 118 valence electrons. The molecular weight excluding hydrogens is 246 g/mol. The van der Waals surface area contributed by atoms with Crippen molar-refractivity contribution < 1.29 is 0 Å². The summed E-state index contributed by atoms with van der Waals surface area (Å²) in [5, 5.41) is 0. The Hall–Kier alpha value is -0.120. The van der Waals surface area contributed by atoms with Crippen molar-refractivity contribution in [3.63, 3.8) is 0 Å². The third-order valence-electron chi connectivity index (χ3n) is 5.04. The summed E-state index contributed by atoms with van der Waals surface area (Å²) in [6.07, 6.45) is 8.18. The van der Waals surface area contributed by atoms with E-state index in [1.165, 1.54) is 64.7 Å². The number of rotatable bonds is 4. The Morgan fingerprint density at radius 2 is 1.60 bits per heavy atom. The summed E-state index contributed by atoms with van der Waals surface area (Å²) in [5.74, 6) is 0. The molecule has 0 radical (unpaired) electrons. The van der Waals surface area contributed by atoms with Gasteiger partial charge in [0, 0.05) is 18.6 Å². The Kier molecular flexibility index (Phi) is 5.88. The van der Waals surface area contributed by atoms with Crippen LogP contribution in [0.25, 0.3) is 0 Å². The van der Waals surface area contributed by atoms with E-state index in [0.717, 1.165) is 12.6 Å². The van der Waals surface area contributed by atoms with Crippen molar-refractivity contribution in [3.05, 3.63) is 0 Å². The predicted molar refractivity (Wildman–Crippen MR) is 86.9 cm³/mol. The molecule has 1 unspecified atom stereocenters. The van der Waals surface area contributed by atoms with Crippen LogP contribution in [0.3, 0.4) is 0 Å². The standard InChI is InChI=1S/C17H35N3/c1-17(2,3)13-16(14-18)20-11-7-15(8-12-20)19-9-5-4-6-10-19/h15-16H,4-14,18H2,1-3H3. The minimum atomic E-state index is 0.383. The Morgan fingerprint density at radius 1 is 1.00 bits per heavy atom. The van der Waals surface area contributed by atoms with Crippen LogP contribution in [0, 0.1) is 5.41 Å². The first kappa shape index (κ1) is 16.3. The molecule has 0 aromatic rings. The molecule has 0 saturated carbocycles. The number of likely N-dealkylation sites (tertiary alicyclic amines) is 2. The van der Waals surface area contributed by atoms with Gasteiger partial charge in [0.05, 0.1) is 0 Å². The minimum absolute atomic E-state index is 0.383. The Labute approximate surface area is 125 Å². The second-order valence-corrected chi connectivity index (χ2v) is 8.02. The molecule has 0 spiro atoms. The van der Waals surface area contributed by atoms with Gasteiger partial charge in [-0.15, -0.1) is 0 Å². The lowest BCUT2D eigenvalue weighted by atomic mass is 9.86. The van der Waals surface area contributed by atoms with Crippen molar-refractivity contribution in [2.75, 3.05) is 32.7 Å². The average Bonchev–Trinajstić information content (AvgIpc) is 2.45. The van der Waals surface area contributed by atoms with E-state index >= 15 is 0 Å². The van der Waals surface area contributed by atoms with Crippen molar-refractivity contribution >= 4 is 0 Å². The Morgan fingerprint density at radius 3 is 2.10 bits per heavy atom. The van der Waals surface area contributed by atoms with Crippen LogP contribution >= 0.6 is 0 Å². The third kappa shape index (κ3) is 4.71. The van der Waals surface area contributed by atoms with Gasteiger partial charge in [-0.1, -0.05) is 27.2 Å². The van der Waals surface area contributed by atoms with Gasteiger partial charge in [-0.2, -0.15) is 0 Å². The Bertz CT molecular complexity index is 270. The fourth-order valence-electron chi connectivity index (χ4n) is 3.97. The number of nitrogens with two attached hydrogens (primary N) is 1. The normalized spacial score (nSPS) is 25.8. The molecule has 0 bridgehead atoms. The van der Waals surface area contributed by atoms with Crippen LogP contribution in [0.2, 0.25) is 0 Å². The summed E-state index contributed by atoms with van der Waals surface area (Å²) in [7, 11) is 0. The molecule has 2 aliphatic heterocycles. The summed E-state index contributed by atoms with van der Waals surface area (Å²) < 4.78 is 0. The molecule has 20 heavy (non-hydrogen) atoms. The number of nitrogens with zero attached hydrogens (tertiary/aromatic N) is 2. The molecule has 2 N–H and O–H groups in total. The Balaban J connectivity index is 1.80. The lowest BCUT2D eigenvalue weighted by Crippen LogP contribution is -2.51. The number of piperidine rings is 2. The van der Waals surface area contributed by atoms with E-state index < -0.39 is 0 Å². The van der Waals surface area contributed by atoms with Crippen molar-refractivity contribution in [1.29, 1.82) is 0 Å². The molecule has 3 nitrogen and oxygen atoms in total. The summed E-state index contributed by atoms with van der Waals surface area (Å²) in [6, 6.07) is 1.43. The molecular formula is C17H35N3. The van der Waals surface area contributed by atoms with Crippen LogP contribution < -0.4 is 5.73 Å². The molecule has 1 atom stereocenters. The first-order chi connectivity index (χ1) is 9.49. The van der Waals surface area contributed by atoms with Gasteiger partial charge in [0.1, 0.15) is 0 Å². The highest BCUT2D eigenvalue weighted by atomic mass is 15.2. The fourth-order valence-corrected chi connectivity index (χ4v) is 3.97. The van der Waals surface area contributed by atoms with E-state index in [2.05, 4.69) is 30.6 Å². The average molecular weight is 281 g/mol. The first-order valence-electron chi connectivity index (χ1n) is 8.68. The van der Waals surface area contributed by atoms with E-state index in [1.54, 1.807) is 0 Å². The van der Waals surface area contributed by atoms with Gasteiger partial charge in [-0.05, 0) is 63.7 Å². The quantitative estimate of drug-likeness (QED) is 0.860. The highest BCUT2D eigenvalue weighted by molar-refractivity contribution is 4.86. The van der Waals surface area contributed by atoms with Crippen molar-refractivity contribution in [2.45, 2.75) is 71.4 Å². The van der Waals surface area contributed by atoms with E-state index in [4.69, 9.17) is 5.73 Å². The SMILES string of the molecule is CC(C)(C)CC(CN)N1CCC(N2CCCCC2)CC1. The summed E-state index contributed by atoms with van der Waals surface area (Å²) >= 11 is 0. The molecule has 0 aromatic carbocycles. The predicted octanol–water partition coefficient (Wildman–Crippen LogP) is 2.70. The van der Waals surface area contributed by atoms with Crippen LogP contribution in [0.1, 0.15) is 59.3 Å². The lowest BCUT2D eigenvalue weighted by Gasteiger charge is -2.43. The topological polar surface area (TPSA) is 32.5 Å². The lowest BCUT2D eigenvalue weighted by molar-refractivity contribution is 0.0625. The zero-order valence-electron chi connectivity index (χ0n) is 13.9.